The average molecular weight is 372 g/mol. The maximum absolute atomic E-state index is 14.5. The lowest BCUT2D eigenvalue weighted by Gasteiger charge is -2.09. The molecule has 0 saturated heterocycles. The molecule has 5 aromatic rings. The highest BCUT2D eigenvalue weighted by molar-refractivity contribution is 7.26. The highest BCUT2D eigenvalue weighted by Crippen LogP contribution is 2.41. The van der Waals surface area contributed by atoms with Crippen molar-refractivity contribution in [1.82, 2.24) is 4.98 Å². The minimum Gasteiger partial charge on any atom is -0.256 e. The van der Waals surface area contributed by atoms with Gasteiger partial charge in [0.15, 0.2) is 0 Å². The van der Waals surface area contributed by atoms with Crippen LogP contribution in [0.4, 0.5) is 4.39 Å². The molecule has 130 valence electrons. The summed E-state index contributed by atoms with van der Waals surface area (Å²) in [5.74, 6) is -0.244. The van der Waals surface area contributed by atoms with Crippen LogP contribution in [0.1, 0.15) is 9.68 Å². The summed E-state index contributed by atoms with van der Waals surface area (Å²) in [4.78, 5) is 4.50. The van der Waals surface area contributed by atoms with E-state index >= 15 is 0 Å². The van der Waals surface area contributed by atoms with E-state index in [-0.39, 0.29) is 11.4 Å². The molecular weight excluding hydrogens is 353 g/mol. The molecule has 0 saturated carbocycles. The first-order valence-electron chi connectivity index (χ1n) is 10.1. The summed E-state index contributed by atoms with van der Waals surface area (Å²) in [5, 5.41) is 1.45. The lowest BCUT2D eigenvalue weighted by atomic mass is 9.99. The largest absolute Gasteiger partial charge is 0.256 e. The van der Waals surface area contributed by atoms with Gasteiger partial charge in [0.25, 0.3) is 0 Å². The van der Waals surface area contributed by atoms with Crippen molar-refractivity contribution in [3.05, 3.63) is 90.4 Å². The molecule has 0 aliphatic heterocycles. The Morgan fingerprint density at radius 2 is 1.78 bits per heavy atom. The summed E-state index contributed by atoms with van der Waals surface area (Å²) in [6.45, 7) is -2.27. The molecule has 0 N–H and O–H groups in total. The highest BCUT2D eigenvalue weighted by atomic mass is 32.1. The minimum atomic E-state index is -2.27. The van der Waals surface area contributed by atoms with Crippen LogP contribution in [0.25, 0.3) is 42.6 Å². The van der Waals surface area contributed by atoms with Crippen LogP contribution in [0.15, 0.2) is 79.0 Å². The quantitative estimate of drug-likeness (QED) is 0.318. The molecule has 2 aromatic heterocycles. The van der Waals surface area contributed by atoms with Gasteiger partial charge in [-0.3, -0.25) is 4.98 Å². The second-order valence-corrected chi connectivity index (χ2v) is 7.43. The van der Waals surface area contributed by atoms with Gasteiger partial charge in [-0.25, -0.2) is 4.39 Å². The Balaban J connectivity index is 1.79. The van der Waals surface area contributed by atoms with E-state index in [1.165, 1.54) is 23.6 Å². The predicted octanol–water partition coefficient (Wildman–Crippen LogP) is 7.23. The second-order valence-electron chi connectivity index (χ2n) is 6.38. The van der Waals surface area contributed by atoms with Gasteiger partial charge in [-0.2, -0.15) is 0 Å². The van der Waals surface area contributed by atoms with E-state index in [4.69, 9.17) is 4.11 Å². The Morgan fingerprint density at radius 1 is 0.926 bits per heavy atom. The molecule has 3 aromatic carbocycles. The molecule has 27 heavy (non-hydrogen) atoms. The van der Waals surface area contributed by atoms with Crippen LogP contribution in [0.5, 0.6) is 0 Å². The Hall–Kier alpha value is -3.04. The molecule has 0 aliphatic carbocycles. The Kier molecular flexibility index (Phi) is 3.07. The fraction of sp³-hybridized carbons (Fsp3) is 0.0417. The second kappa shape index (κ2) is 6.29. The smallest absolute Gasteiger partial charge is 0.132 e. The molecule has 0 aliphatic rings. The molecule has 0 fully saturated rings. The van der Waals surface area contributed by atoms with E-state index < -0.39 is 6.85 Å². The van der Waals surface area contributed by atoms with E-state index in [9.17, 15) is 4.39 Å². The molecule has 3 heteroatoms. The molecule has 0 atom stereocenters. The molecule has 0 amide bonds. The Bertz CT molecular complexity index is 1390. The van der Waals surface area contributed by atoms with Gasteiger partial charge in [-0.05, 0) is 41.7 Å². The number of thiophene rings is 1. The first-order valence-corrected chi connectivity index (χ1v) is 9.41. The van der Waals surface area contributed by atoms with Gasteiger partial charge in [0, 0.05) is 36.0 Å². The third-order valence-electron chi connectivity index (χ3n) is 4.74. The third-order valence-corrected chi connectivity index (χ3v) is 5.94. The van der Waals surface area contributed by atoms with Gasteiger partial charge in [-0.1, -0.05) is 54.6 Å². The number of hydrogen-bond acceptors (Lipinski definition) is 2. The van der Waals surface area contributed by atoms with Crippen LogP contribution < -0.4 is 0 Å². The molecule has 5 rings (SSSR count). The fourth-order valence-corrected chi connectivity index (χ4v) is 4.70. The first-order chi connectivity index (χ1) is 14.4. The van der Waals surface area contributed by atoms with Crippen molar-refractivity contribution in [2.45, 2.75) is 6.85 Å². The van der Waals surface area contributed by atoms with Crippen LogP contribution >= 0.6 is 11.3 Å². The molecule has 0 unspecified atom stereocenters. The maximum Gasteiger partial charge on any atom is 0.132 e. The summed E-state index contributed by atoms with van der Waals surface area (Å²) in [6, 6.07) is 22.1. The van der Waals surface area contributed by atoms with Gasteiger partial charge < -0.3 is 0 Å². The standard InChI is InChI=1S/C24H16FNS/c1-15-14-26-21(13-19(15)16-7-3-2-4-8-16)17-9-5-10-18-23-20(25)11-6-12-22(23)27-24(17)18/h2-14H,1H3/i1D3. The molecule has 0 bridgehead atoms. The molecule has 0 spiro atoms. The highest BCUT2D eigenvalue weighted by Gasteiger charge is 2.14. The van der Waals surface area contributed by atoms with Gasteiger partial charge in [0.2, 0.25) is 0 Å². The Labute approximate surface area is 165 Å². The zero-order valence-corrected chi connectivity index (χ0v) is 15.1. The van der Waals surface area contributed by atoms with Crippen LogP contribution in [-0.2, 0) is 0 Å². The van der Waals surface area contributed by atoms with Crippen LogP contribution in [0.2, 0.25) is 0 Å². The number of aryl methyl sites for hydroxylation is 1. The monoisotopic (exact) mass is 372 g/mol. The lowest BCUT2D eigenvalue weighted by Crippen LogP contribution is -1.89. The number of halogens is 1. The summed E-state index contributed by atoms with van der Waals surface area (Å²) >= 11 is 1.52. The molecule has 1 nitrogen and oxygen atoms in total. The average Bonchev–Trinajstić information content (AvgIpc) is 3.13. The van der Waals surface area contributed by atoms with Crippen LogP contribution in [-0.4, -0.2) is 4.98 Å². The van der Waals surface area contributed by atoms with E-state index in [1.54, 1.807) is 6.07 Å². The number of fused-ring (bicyclic) bond motifs is 3. The SMILES string of the molecule is [2H]C([2H])([2H])c1cnc(-c2cccc3c2sc2cccc(F)c23)cc1-c1ccccc1. The summed E-state index contributed by atoms with van der Waals surface area (Å²) in [5.41, 5.74) is 3.19. The van der Waals surface area contributed by atoms with Crippen molar-refractivity contribution >= 4 is 31.5 Å². The maximum atomic E-state index is 14.5. The van der Waals surface area contributed by atoms with Crippen molar-refractivity contribution in [2.24, 2.45) is 0 Å². The lowest BCUT2D eigenvalue weighted by molar-refractivity contribution is 0.641. The summed E-state index contributed by atoms with van der Waals surface area (Å²) in [6.07, 6.45) is 1.44. The fourth-order valence-electron chi connectivity index (χ4n) is 3.47. The third kappa shape index (κ3) is 2.63. The number of rotatable bonds is 2. The molecule has 2 heterocycles. The van der Waals surface area contributed by atoms with Gasteiger partial charge in [-0.15, -0.1) is 11.3 Å². The Morgan fingerprint density at radius 3 is 2.63 bits per heavy atom. The van der Waals surface area contributed by atoms with Crippen molar-refractivity contribution < 1.29 is 8.50 Å². The van der Waals surface area contributed by atoms with Crippen LogP contribution in [0, 0.1) is 12.7 Å². The zero-order valence-electron chi connectivity index (χ0n) is 17.2. The number of benzene rings is 3. The first kappa shape index (κ1) is 13.2. The molecule has 0 radical (unpaired) electrons. The van der Waals surface area contributed by atoms with Crippen LogP contribution in [0.3, 0.4) is 0 Å². The normalized spacial score (nSPS) is 13.4. The predicted molar refractivity (Wildman–Crippen MR) is 113 cm³/mol. The number of hydrogen-bond donors (Lipinski definition) is 0. The summed E-state index contributed by atoms with van der Waals surface area (Å²) in [7, 11) is 0. The zero-order chi connectivity index (χ0) is 20.9. The van der Waals surface area contributed by atoms with E-state index in [0.29, 0.717) is 16.6 Å². The summed E-state index contributed by atoms with van der Waals surface area (Å²) < 4.78 is 40.1. The van der Waals surface area contributed by atoms with Gasteiger partial charge in [0.1, 0.15) is 5.82 Å². The van der Waals surface area contributed by atoms with E-state index in [1.807, 2.05) is 60.7 Å². The van der Waals surface area contributed by atoms with Crippen molar-refractivity contribution in [3.63, 3.8) is 0 Å². The van der Waals surface area contributed by atoms with Crippen molar-refractivity contribution in [1.29, 1.82) is 0 Å². The van der Waals surface area contributed by atoms with E-state index in [0.717, 1.165) is 25.9 Å². The van der Waals surface area contributed by atoms with Crippen molar-refractivity contribution in [2.75, 3.05) is 0 Å². The van der Waals surface area contributed by atoms with E-state index in [2.05, 4.69) is 4.98 Å². The van der Waals surface area contributed by atoms with Gasteiger partial charge in [0.05, 0.1) is 5.69 Å². The van der Waals surface area contributed by atoms with Gasteiger partial charge >= 0.3 is 0 Å². The van der Waals surface area contributed by atoms with Crippen molar-refractivity contribution in [3.8, 4) is 22.4 Å². The number of pyridine rings is 1. The molecular formula is C24H16FNS. The number of aromatic nitrogens is 1. The topological polar surface area (TPSA) is 12.9 Å². The number of nitrogens with zero attached hydrogens (tertiary/aromatic N) is 1. The minimum absolute atomic E-state index is 0.215.